The van der Waals surface area contributed by atoms with E-state index in [1.54, 1.807) is 0 Å². The number of carbonyl (C=O) groups is 2. The smallest absolute Gasteiger partial charge is 0.329 e. The van der Waals surface area contributed by atoms with Gasteiger partial charge in [-0.05, 0) is 6.92 Å². The number of aliphatic carboxylic acids is 2. The molecule has 53 heavy (non-hydrogen) atoms. The Morgan fingerprint density at radius 3 is 1.32 bits per heavy atom. The third kappa shape index (κ3) is 9.95. The average molecular weight is 779 g/mol. The van der Waals surface area contributed by atoms with Gasteiger partial charge in [-0.2, -0.15) is 0 Å². The van der Waals surface area contributed by atoms with Crippen molar-refractivity contribution < 1.29 is 113 Å². The SMILES string of the molecule is CC1OC(CO)[C@@H](O[C@@H]2OC(CO)[C@@H](O[C@@H]3OC(CO)[C@@H](O[C@@H]4OC(CO)C(C)C(O)C4OCC(=O)O)C(O)C3O)C(O)C2OCC(=O)O)C(O)C1O. The monoisotopic (exact) mass is 778 g/mol. The van der Waals surface area contributed by atoms with E-state index >= 15 is 0 Å². The number of aliphatic hydroxyl groups is 10. The minimum Gasteiger partial charge on any atom is -0.480 e. The van der Waals surface area contributed by atoms with Crippen LogP contribution in [0.3, 0.4) is 0 Å². The number of hydrogen-bond acceptors (Lipinski definition) is 21. The van der Waals surface area contributed by atoms with Crippen molar-refractivity contribution in [2.75, 3.05) is 39.6 Å². The van der Waals surface area contributed by atoms with Gasteiger partial charge in [0.25, 0.3) is 0 Å². The Morgan fingerprint density at radius 2 is 0.849 bits per heavy atom. The van der Waals surface area contributed by atoms with E-state index in [-0.39, 0.29) is 0 Å². The summed E-state index contributed by atoms with van der Waals surface area (Å²) >= 11 is 0. The zero-order chi connectivity index (χ0) is 39.3. The van der Waals surface area contributed by atoms with Crippen LogP contribution < -0.4 is 0 Å². The Balaban J connectivity index is 1.53. The van der Waals surface area contributed by atoms with Crippen molar-refractivity contribution in [1.29, 1.82) is 0 Å². The second-order valence-electron chi connectivity index (χ2n) is 13.2. The summed E-state index contributed by atoms with van der Waals surface area (Å²) in [5.74, 6) is -3.66. The summed E-state index contributed by atoms with van der Waals surface area (Å²) in [6.07, 6.45) is -30.6. The summed E-state index contributed by atoms with van der Waals surface area (Å²) in [4.78, 5) is 22.6. The number of rotatable bonds is 16. The molecule has 308 valence electrons. The van der Waals surface area contributed by atoms with Crippen LogP contribution in [0.4, 0.5) is 0 Å². The van der Waals surface area contributed by atoms with Crippen LogP contribution in [0.15, 0.2) is 0 Å². The van der Waals surface area contributed by atoms with Crippen LogP contribution in [0.1, 0.15) is 13.8 Å². The summed E-state index contributed by atoms with van der Waals surface area (Å²) in [7, 11) is 0. The topological polar surface area (TPSA) is 360 Å². The maximum absolute atomic E-state index is 11.4. The molecule has 0 saturated carbocycles. The zero-order valence-electron chi connectivity index (χ0n) is 28.6. The lowest BCUT2D eigenvalue weighted by Crippen LogP contribution is -2.67. The van der Waals surface area contributed by atoms with E-state index < -0.39 is 174 Å². The van der Waals surface area contributed by atoms with E-state index in [1.807, 2.05) is 0 Å². The quantitative estimate of drug-likeness (QED) is 0.0692. The summed E-state index contributed by atoms with van der Waals surface area (Å²) in [5.41, 5.74) is 0. The highest BCUT2D eigenvalue weighted by molar-refractivity contribution is 5.68. The minimum atomic E-state index is -2.07. The van der Waals surface area contributed by atoms with Gasteiger partial charge in [0, 0.05) is 5.92 Å². The highest BCUT2D eigenvalue weighted by Gasteiger charge is 2.55. The lowest BCUT2D eigenvalue weighted by molar-refractivity contribution is -0.386. The third-order valence-electron chi connectivity index (χ3n) is 9.61. The fourth-order valence-corrected chi connectivity index (χ4v) is 6.62. The predicted octanol–water partition coefficient (Wildman–Crippen LogP) is -7.19. The summed E-state index contributed by atoms with van der Waals surface area (Å²) in [6, 6.07) is 0. The van der Waals surface area contributed by atoms with Crippen molar-refractivity contribution >= 4 is 11.9 Å². The number of carboxylic acids is 2. The van der Waals surface area contributed by atoms with Crippen molar-refractivity contribution in [3.63, 3.8) is 0 Å². The van der Waals surface area contributed by atoms with Crippen LogP contribution in [0.5, 0.6) is 0 Å². The Labute approximate surface area is 301 Å². The molecule has 23 heteroatoms. The van der Waals surface area contributed by atoms with Crippen molar-refractivity contribution in [2.45, 2.75) is 130 Å². The van der Waals surface area contributed by atoms with Crippen LogP contribution >= 0.6 is 0 Å². The van der Waals surface area contributed by atoms with Crippen LogP contribution in [-0.4, -0.2) is 229 Å². The minimum absolute atomic E-state index is 0.603. The second kappa shape index (κ2) is 19.4. The highest BCUT2D eigenvalue weighted by atomic mass is 16.8. The average Bonchev–Trinajstić information content (AvgIpc) is 3.12. The molecule has 14 unspecified atom stereocenters. The van der Waals surface area contributed by atoms with E-state index in [4.69, 9.17) is 47.7 Å². The second-order valence-corrected chi connectivity index (χ2v) is 13.2. The summed E-state index contributed by atoms with van der Waals surface area (Å²) in [5, 5.41) is 124. The largest absolute Gasteiger partial charge is 0.480 e. The van der Waals surface area contributed by atoms with E-state index in [9.17, 15) is 65.8 Å². The van der Waals surface area contributed by atoms with Gasteiger partial charge >= 0.3 is 11.9 Å². The Morgan fingerprint density at radius 1 is 0.472 bits per heavy atom. The maximum Gasteiger partial charge on any atom is 0.329 e. The number of carboxylic acid groups (broad SMARTS) is 2. The molecule has 0 amide bonds. The first-order valence-corrected chi connectivity index (χ1v) is 16.8. The van der Waals surface area contributed by atoms with E-state index in [0.717, 1.165) is 0 Å². The molecule has 0 aromatic carbocycles. The molecule has 0 aliphatic carbocycles. The van der Waals surface area contributed by atoms with E-state index in [0.29, 0.717) is 0 Å². The molecule has 0 aromatic rings. The molecule has 0 radical (unpaired) electrons. The van der Waals surface area contributed by atoms with Crippen LogP contribution in [0.25, 0.3) is 0 Å². The molecule has 20 atom stereocenters. The Hall–Kier alpha value is -1.82. The maximum atomic E-state index is 11.4. The van der Waals surface area contributed by atoms with Gasteiger partial charge in [-0.3, -0.25) is 0 Å². The Bertz CT molecular complexity index is 1160. The molecule has 4 saturated heterocycles. The standard InChI is InChI=1S/C30H50O23/c1-9-11(3-31)48-29(26(17(9)39)45-7-15(35)36)53-24-13(5-33)49-28(21(43)20(24)42)51-25-14(6-34)50-30(27(22(25)44)46-8-16(37)38)52-23-12(4-32)47-10(2)18(40)19(23)41/h9-14,17-34,39-44H,3-8H2,1-2H3,(H,35,36)(H,37,38)/t9?,10?,11?,12?,13?,14?,17?,18?,19?,20?,21?,22?,23-,24-,25-,26?,27?,28+,29+,30+/m1/s1. The zero-order valence-corrected chi connectivity index (χ0v) is 28.6. The fourth-order valence-electron chi connectivity index (χ4n) is 6.62. The molecule has 0 spiro atoms. The van der Waals surface area contributed by atoms with Gasteiger partial charge in [-0.15, -0.1) is 0 Å². The van der Waals surface area contributed by atoms with E-state index in [2.05, 4.69) is 0 Å². The van der Waals surface area contributed by atoms with Crippen molar-refractivity contribution in [3.05, 3.63) is 0 Å². The van der Waals surface area contributed by atoms with Gasteiger partial charge in [0.15, 0.2) is 18.9 Å². The molecule has 12 N–H and O–H groups in total. The van der Waals surface area contributed by atoms with Gasteiger partial charge in [-0.25, -0.2) is 9.59 Å². The van der Waals surface area contributed by atoms with Gasteiger partial charge in [-0.1, -0.05) is 6.92 Å². The predicted molar refractivity (Wildman–Crippen MR) is 163 cm³/mol. The Kier molecular flexibility index (Phi) is 16.0. The molecular weight excluding hydrogens is 728 g/mol. The first-order valence-electron chi connectivity index (χ1n) is 16.8. The van der Waals surface area contributed by atoms with Gasteiger partial charge in [0.2, 0.25) is 0 Å². The molecule has 4 aliphatic heterocycles. The first-order chi connectivity index (χ1) is 25.1. The van der Waals surface area contributed by atoms with Crippen LogP contribution in [-0.2, 0) is 52.2 Å². The summed E-state index contributed by atoms with van der Waals surface area (Å²) in [6.45, 7) is -2.15. The van der Waals surface area contributed by atoms with Crippen molar-refractivity contribution in [2.24, 2.45) is 5.92 Å². The first kappa shape index (κ1) is 43.9. The molecule has 23 nitrogen and oxygen atoms in total. The van der Waals surface area contributed by atoms with Gasteiger partial charge in [0.05, 0.1) is 44.7 Å². The lowest BCUT2D eigenvalue weighted by Gasteiger charge is -2.49. The number of aliphatic hydroxyl groups excluding tert-OH is 10. The molecule has 4 heterocycles. The van der Waals surface area contributed by atoms with Gasteiger partial charge < -0.3 is 104 Å². The normalized spacial score (nSPS) is 46.6. The molecule has 4 aliphatic rings. The van der Waals surface area contributed by atoms with Gasteiger partial charge in [0.1, 0.15) is 92.6 Å². The van der Waals surface area contributed by atoms with E-state index in [1.165, 1.54) is 13.8 Å². The van der Waals surface area contributed by atoms with Crippen LogP contribution in [0, 0.1) is 5.92 Å². The molecule has 4 fully saturated rings. The summed E-state index contributed by atoms with van der Waals surface area (Å²) < 4.78 is 50.5. The lowest BCUT2D eigenvalue weighted by atomic mass is 9.90. The van der Waals surface area contributed by atoms with Crippen molar-refractivity contribution in [3.8, 4) is 0 Å². The molecule has 4 rings (SSSR count). The number of ether oxygens (including phenoxy) is 9. The molecule has 0 aromatic heterocycles. The number of hydrogen-bond donors (Lipinski definition) is 12. The molecule has 0 bridgehead atoms. The van der Waals surface area contributed by atoms with Crippen LogP contribution in [0.2, 0.25) is 0 Å². The highest BCUT2D eigenvalue weighted by Crippen LogP contribution is 2.36. The molecular formula is C30H50O23. The third-order valence-corrected chi connectivity index (χ3v) is 9.61. The fraction of sp³-hybridized carbons (Fsp3) is 0.933. The van der Waals surface area contributed by atoms with Crippen molar-refractivity contribution in [1.82, 2.24) is 0 Å².